The van der Waals surface area contributed by atoms with Crippen LogP contribution in [0.3, 0.4) is 0 Å². The van der Waals surface area contributed by atoms with Crippen molar-refractivity contribution in [3.63, 3.8) is 0 Å². The molecule has 0 fully saturated rings. The number of thiophene rings is 1. The van der Waals surface area contributed by atoms with Crippen LogP contribution in [0.15, 0.2) is 18.2 Å². The van der Waals surface area contributed by atoms with Crippen molar-refractivity contribution in [2.75, 3.05) is 18.9 Å². The summed E-state index contributed by atoms with van der Waals surface area (Å²) in [4.78, 5) is 15.4. The highest BCUT2D eigenvalue weighted by Gasteiger charge is 2.33. The molecule has 7 heteroatoms. The van der Waals surface area contributed by atoms with Crippen LogP contribution in [0.4, 0.5) is 5.00 Å². The smallest absolute Gasteiger partial charge is 0.256 e. The molecular formula is C16H17IN3O2S+. The standard InChI is InChI=1S/C16H16IN3O2S/c1-20-5-4-9-12(7-20)23-16-13(9)15(22)18-14(19-16)8-2-3-11(21)10(17)6-8/h2-3,6,14,19,21H,4-5,7H2,1H3,(H,18,22)/p+1/t14-/m1/s1. The summed E-state index contributed by atoms with van der Waals surface area (Å²) in [5, 5.41) is 17.1. The number of aromatic hydroxyl groups is 1. The van der Waals surface area contributed by atoms with Crippen LogP contribution in [-0.4, -0.2) is 24.6 Å². The van der Waals surface area contributed by atoms with Crippen molar-refractivity contribution in [1.29, 1.82) is 0 Å². The van der Waals surface area contributed by atoms with Gasteiger partial charge in [0, 0.05) is 6.42 Å². The Morgan fingerprint density at radius 2 is 2.22 bits per heavy atom. The molecule has 1 unspecified atom stereocenters. The van der Waals surface area contributed by atoms with Crippen LogP contribution >= 0.6 is 33.9 Å². The van der Waals surface area contributed by atoms with Gasteiger partial charge in [-0.3, -0.25) is 4.79 Å². The number of halogens is 1. The van der Waals surface area contributed by atoms with Crippen molar-refractivity contribution in [1.82, 2.24) is 5.32 Å². The highest BCUT2D eigenvalue weighted by Crippen LogP contribution is 2.39. The number of benzene rings is 1. The molecule has 2 atom stereocenters. The van der Waals surface area contributed by atoms with E-state index < -0.39 is 0 Å². The first-order valence-corrected chi connectivity index (χ1v) is 9.44. The van der Waals surface area contributed by atoms with E-state index >= 15 is 0 Å². The normalized spacial score (nSPS) is 22.8. The van der Waals surface area contributed by atoms with Gasteiger partial charge in [0.05, 0.1) is 27.6 Å². The summed E-state index contributed by atoms with van der Waals surface area (Å²) >= 11 is 3.80. The SMILES string of the molecule is C[NH+]1CCc2c(sc3c2C(=O)N[C@@H](c2ccc(O)c(I)c2)N3)C1. The van der Waals surface area contributed by atoms with E-state index in [0.29, 0.717) is 0 Å². The van der Waals surface area contributed by atoms with Gasteiger partial charge in [0.2, 0.25) is 0 Å². The van der Waals surface area contributed by atoms with E-state index in [9.17, 15) is 9.90 Å². The number of nitrogens with one attached hydrogen (secondary N) is 3. The Bertz CT molecular complexity index is 805. The predicted molar refractivity (Wildman–Crippen MR) is 98.1 cm³/mol. The van der Waals surface area contributed by atoms with Crippen molar-refractivity contribution >= 4 is 44.8 Å². The van der Waals surface area contributed by atoms with Crippen LogP contribution in [-0.2, 0) is 13.0 Å². The van der Waals surface area contributed by atoms with Gasteiger partial charge in [-0.25, -0.2) is 0 Å². The minimum atomic E-state index is -0.255. The molecule has 1 aromatic carbocycles. The molecule has 1 aromatic heterocycles. The fourth-order valence-corrected chi connectivity index (χ4v) is 5.13. The molecule has 23 heavy (non-hydrogen) atoms. The summed E-state index contributed by atoms with van der Waals surface area (Å²) in [5.41, 5.74) is 3.00. The summed E-state index contributed by atoms with van der Waals surface area (Å²) < 4.78 is 0.776. The third-order valence-electron chi connectivity index (χ3n) is 4.44. The molecule has 120 valence electrons. The van der Waals surface area contributed by atoms with Gasteiger partial charge in [-0.1, -0.05) is 6.07 Å². The predicted octanol–water partition coefficient (Wildman–Crippen LogP) is 1.48. The second-order valence-electron chi connectivity index (χ2n) is 6.10. The maximum absolute atomic E-state index is 12.6. The Morgan fingerprint density at radius 3 is 3.00 bits per heavy atom. The van der Waals surface area contributed by atoms with Gasteiger partial charge in [-0.2, -0.15) is 0 Å². The molecule has 2 aliphatic rings. The number of phenolic OH excluding ortho intramolecular Hbond substituents is 1. The Morgan fingerprint density at radius 1 is 1.39 bits per heavy atom. The molecule has 2 aromatic rings. The van der Waals surface area contributed by atoms with Crippen LogP contribution in [0.25, 0.3) is 0 Å². The van der Waals surface area contributed by atoms with E-state index in [2.05, 4.69) is 40.3 Å². The Balaban J connectivity index is 1.70. The lowest BCUT2D eigenvalue weighted by molar-refractivity contribution is -0.895. The summed E-state index contributed by atoms with van der Waals surface area (Å²) in [6, 6.07) is 5.40. The Hall–Kier alpha value is -1.32. The summed E-state index contributed by atoms with van der Waals surface area (Å²) in [7, 11) is 2.19. The number of anilines is 1. The molecule has 4 rings (SSSR count). The molecule has 0 saturated carbocycles. The van der Waals surface area contributed by atoms with Gasteiger partial charge in [0.15, 0.2) is 0 Å². The van der Waals surface area contributed by atoms with Crippen molar-refractivity contribution in [2.24, 2.45) is 0 Å². The third-order valence-corrected chi connectivity index (χ3v) is 6.47. The molecule has 0 aliphatic carbocycles. The molecule has 2 aliphatic heterocycles. The number of amides is 1. The second-order valence-corrected chi connectivity index (χ2v) is 8.37. The highest BCUT2D eigenvalue weighted by molar-refractivity contribution is 14.1. The van der Waals surface area contributed by atoms with E-state index in [-0.39, 0.29) is 17.8 Å². The average molecular weight is 442 g/mol. The lowest BCUT2D eigenvalue weighted by atomic mass is 10.0. The first kappa shape index (κ1) is 15.2. The summed E-state index contributed by atoms with van der Waals surface area (Å²) in [6.07, 6.45) is 0.707. The van der Waals surface area contributed by atoms with Crippen LogP contribution < -0.4 is 15.5 Å². The Labute approximate surface area is 151 Å². The van der Waals surface area contributed by atoms with Crippen LogP contribution in [0.2, 0.25) is 0 Å². The van der Waals surface area contributed by atoms with E-state index in [1.807, 2.05) is 12.1 Å². The number of phenols is 1. The monoisotopic (exact) mass is 442 g/mol. The first-order chi connectivity index (χ1) is 11.0. The van der Waals surface area contributed by atoms with Gasteiger partial charge in [0.1, 0.15) is 23.5 Å². The van der Waals surface area contributed by atoms with Crippen molar-refractivity contribution in [3.05, 3.63) is 43.3 Å². The van der Waals surface area contributed by atoms with Crippen LogP contribution in [0.1, 0.15) is 32.5 Å². The number of fused-ring (bicyclic) bond motifs is 3. The Kier molecular flexibility index (Phi) is 3.73. The fourth-order valence-electron chi connectivity index (χ4n) is 3.20. The van der Waals surface area contributed by atoms with Crippen LogP contribution in [0.5, 0.6) is 5.75 Å². The number of likely N-dealkylation sites (N-methyl/N-ethyl adjacent to an activating group) is 1. The molecule has 3 heterocycles. The second kappa shape index (κ2) is 5.64. The number of hydrogen-bond acceptors (Lipinski definition) is 4. The molecule has 0 bridgehead atoms. The summed E-state index contributed by atoms with van der Waals surface area (Å²) in [6.45, 7) is 2.06. The van der Waals surface area contributed by atoms with E-state index in [1.165, 1.54) is 15.3 Å². The zero-order chi connectivity index (χ0) is 16.1. The topological polar surface area (TPSA) is 65.8 Å². The highest BCUT2D eigenvalue weighted by atomic mass is 127. The molecule has 4 N–H and O–H groups in total. The van der Waals surface area contributed by atoms with Gasteiger partial charge >= 0.3 is 0 Å². The van der Waals surface area contributed by atoms with Gasteiger partial charge in [-0.15, -0.1) is 11.3 Å². The lowest BCUT2D eigenvalue weighted by Gasteiger charge is -2.27. The number of carbonyl (C=O) groups excluding carboxylic acids is 1. The minimum absolute atomic E-state index is 0.00360. The van der Waals surface area contributed by atoms with Gasteiger partial charge in [0.25, 0.3) is 5.91 Å². The van der Waals surface area contributed by atoms with Crippen molar-refractivity contribution in [3.8, 4) is 5.75 Å². The first-order valence-electron chi connectivity index (χ1n) is 7.54. The number of quaternary nitrogens is 1. The maximum atomic E-state index is 12.6. The van der Waals surface area contributed by atoms with Gasteiger partial charge in [-0.05, 0) is 45.9 Å². The zero-order valence-electron chi connectivity index (χ0n) is 12.6. The lowest BCUT2D eigenvalue weighted by Crippen LogP contribution is -3.08. The van der Waals surface area contributed by atoms with E-state index in [0.717, 1.165) is 39.2 Å². The van der Waals surface area contributed by atoms with E-state index in [1.54, 1.807) is 17.4 Å². The zero-order valence-corrected chi connectivity index (χ0v) is 15.5. The maximum Gasteiger partial charge on any atom is 0.256 e. The molecule has 0 spiro atoms. The third kappa shape index (κ3) is 2.60. The number of rotatable bonds is 1. The average Bonchev–Trinajstić information content (AvgIpc) is 2.87. The number of hydrogen-bond donors (Lipinski definition) is 4. The summed E-state index contributed by atoms with van der Waals surface area (Å²) in [5.74, 6) is 0.263. The van der Waals surface area contributed by atoms with Gasteiger partial charge < -0.3 is 20.6 Å². The minimum Gasteiger partial charge on any atom is -0.507 e. The van der Waals surface area contributed by atoms with E-state index in [4.69, 9.17) is 0 Å². The molecule has 0 saturated heterocycles. The van der Waals surface area contributed by atoms with Crippen LogP contribution in [0, 0.1) is 3.57 Å². The molecule has 1 amide bonds. The van der Waals surface area contributed by atoms with Crippen molar-refractivity contribution < 1.29 is 14.8 Å². The molecular weight excluding hydrogens is 425 g/mol. The largest absolute Gasteiger partial charge is 0.507 e. The number of carbonyl (C=O) groups is 1. The fraction of sp³-hybridized carbons (Fsp3) is 0.312. The quantitative estimate of drug-likeness (QED) is 0.506. The molecule has 5 nitrogen and oxygen atoms in total. The van der Waals surface area contributed by atoms with Crippen molar-refractivity contribution in [2.45, 2.75) is 19.1 Å². The molecule has 0 radical (unpaired) electrons.